The van der Waals surface area contributed by atoms with E-state index >= 15 is 0 Å². The molecule has 1 aliphatic heterocycles. The van der Waals surface area contributed by atoms with E-state index in [2.05, 4.69) is 13.8 Å². The lowest BCUT2D eigenvalue weighted by Gasteiger charge is -2.36. The summed E-state index contributed by atoms with van der Waals surface area (Å²) in [6.45, 7) is 7.71. The van der Waals surface area contributed by atoms with Gasteiger partial charge in [0.25, 0.3) is 0 Å². The van der Waals surface area contributed by atoms with Crippen LogP contribution < -0.4 is 9.64 Å². The monoisotopic (exact) mass is 261 g/mol. The van der Waals surface area contributed by atoms with Gasteiger partial charge in [-0.2, -0.15) is 0 Å². The Balaban J connectivity index is 2.45. The number of hydrogen-bond donors (Lipinski definition) is 0. The summed E-state index contributed by atoms with van der Waals surface area (Å²) in [5, 5.41) is 0. The normalized spacial score (nSPS) is 17.9. The zero-order valence-electron chi connectivity index (χ0n) is 11.8. The number of benzene rings is 1. The summed E-state index contributed by atoms with van der Waals surface area (Å²) >= 11 is 0. The predicted molar refractivity (Wildman–Crippen MR) is 73.7 cm³/mol. The van der Waals surface area contributed by atoms with Crippen LogP contribution in [0.2, 0.25) is 0 Å². The molecule has 1 heterocycles. The summed E-state index contributed by atoms with van der Waals surface area (Å²) in [5.74, 6) is 0.945. The molecule has 0 saturated heterocycles. The second-order valence-electron chi connectivity index (χ2n) is 5.27. The van der Waals surface area contributed by atoms with Gasteiger partial charge in [-0.25, -0.2) is 0 Å². The lowest BCUT2D eigenvalue weighted by atomic mass is 10.0. The van der Waals surface area contributed by atoms with E-state index in [1.807, 2.05) is 0 Å². The first kappa shape index (κ1) is 13.6. The summed E-state index contributed by atoms with van der Waals surface area (Å²) in [4.78, 5) is 24.9. The molecular weight excluding hydrogens is 242 g/mol. The van der Waals surface area contributed by atoms with E-state index in [4.69, 9.17) is 4.74 Å². The van der Waals surface area contributed by atoms with Crippen molar-refractivity contribution in [3.8, 4) is 5.75 Å². The maximum atomic E-state index is 11.8. The fourth-order valence-electron chi connectivity index (χ4n) is 2.17. The Kier molecular flexibility index (Phi) is 3.60. The molecule has 1 amide bonds. The molecule has 0 aromatic heterocycles. The van der Waals surface area contributed by atoms with Gasteiger partial charge in [0.05, 0.1) is 12.2 Å². The minimum atomic E-state index is -0.0316. The molecule has 1 aromatic rings. The molecule has 2 rings (SSSR count). The fraction of sp³-hybridized carbons (Fsp3) is 0.467. The van der Waals surface area contributed by atoms with Gasteiger partial charge in [-0.3, -0.25) is 9.59 Å². The van der Waals surface area contributed by atoms with Crippen molar-refractivity contribution in [1.82, 2.24) is 0 Å². The third-order valence-corrected chi connectivity index (χ3v) is 3.42. The van der Waals surface area contributed by atoms with E-state index in [0.29, 0.717) is 29.5 Å². The van der Waals surface area contributed by atoms with Crippen molar-refractivity contribution >= 4 is 17.4 Å². The van der Waals surface area contributed by atoms with Crippen molar-refractivity contribution in [2.75, 3.05) is 11.4 Å². The third kappa shape index (κ3) is 2.62. The van der Waals surface area contributed by atoms with Crippen molar-refractivity contribution in [2.45, 2.75) is 33.8 Å². The van der Waals surface area contributed by atoms with Gasteiger partial charge in [-0.1, -0.05) is 13.8 Å². The lowest BCUT2D eigenvalue weighted by molar-refractivity contribution is -0.117. The highest BCUT2D eigenvalue weighted by Crippen LogP contribution is 2.36. The lowest BCUT2D eigenvalue weighted by Crippen LogP contribution is -2.45. The molecule has 0 aliphatic carbocycles. The average molecular weight is 261 g/mol. The van der Waals surface area contributed by atoms with Gasteiger partial charge < -0.3 is 9.64 Å². The van der Waals surface area contributed by atoms with Crippen LogP contribution in [0.3, 0.4) is 0 Å². The topological polar surface area (TPSA) is 46.6 Å². The zero-order chi connectivity index (χ0) is 14.2. The molecule has 0 saturated carbocycles. The Morgan fingerprint density at radius 1 is 1.32 bits per heavy atom. The van der Waals surface area contributed by atoms with E-state index in [9.17, 15) is 9.59 Å². The van der Waals surface area contributed by atoms with Gasteiger partial charge in [0.15, 0.2) is 5.78 Å². The van der Waals surface area contributed by atoms with Crippen LogP contribution in [0.4, 0.5) is 5.69 Å². The summed E-state index contributed by atoms with van der Waals surface area (Å²) in [6.07, 6.45) is -0.0143. The number of carbonyl (C=O) groups is 2. The molecule has 0 fully saturated rings. The van der Waals surface area contributed by atoms with Crippen LogP contribution in [0, 0.1) is 5.92 Å². The van der Waals surface area contributed by atoms with E-state index in [1.165, 1.54) is 13.8 Å². The average Bonchev–Trinajstić information content (AvgIpc) is 2.36. The van der Waals surface area contributed by atoms with E-state index in [-0.39, 0.29) is 17.8 Å². The van der Waals surface area contributed by atoms with Crippen molar-refractivity contribution in [3.05, 3.63) is 23.8 Å². The molecular formula is C15H19NO3. The number of fused-ring (bicyclic) bond motifs is 1. The molecule has 0 spiro atoms. The highest BCUT2D eigenvalue weighted by molar-refractivity contribution is 5.99. The first-order valence-corrected chi connectivity index (χ1v) is 6.50. The highest BCUT2D eigenvalue weighted by atomic mass is 16.5. The van der Waals surface area contributed by atoms with Crippen LogP contribution in [0.1, 0.15) is 38.1 Å². The van der Waals surface area contributed by atoms with Crippen molar-refractivity contribution < 1.29 is 14.3 Å². The van der Waals surface area contributed by atoms with Gasteiger partial charge in [0, 0.05) is 12.5 Å². The quantitative estimate of drug-likeness (QED) is 0.769. The first-order chi connectivity index (χ1) is 8.90. The van der Waals surface area contributed by atoms with Crippen LogP contribution in [0.25, 0.3) is 0 Å². The largest absolute Gasteiger partial charge is 0.486 e. The summed E-state index contributed by atoms with van der Waals surface area (Å²) in [5.41, 5.74) is 1.29. The van der Waals surface area contributed by atoms with Crippen LogP contribution in [-0.2, 0) is 4.79 Å². The van der Waals surface area contributed by atoms with Crippen LogP contribution in [-0.4, -0.2) is 24.3 Å². The number of nitrogens with zero attached hydrogens (tertiary/aromatic N) is 1. The molecule has 1 unspecified atom stereocenters. The Labute approximate surface area is 113 Å². The number of amides is 1. The Morgan fingerprint density at radius 3 is 2.53 bits per heavy atom. The molecule has 0 bridgehead atoms. The second kappa shape index (κ2) is 5.03. The summed E-state index contributed by atoms with van der Waals surface area (Å²) in [6, 6.07) is 5.24. The van der Waals surface area contributed by atoms with Crippen molar-refractivity contribution in [3.63, 3.8) is 0 Å². The minimum Gasteiger partial charge on any atom is -0.486 e. The molecule has 1 atom stereocenters. The molecule has 1 aliphatic rings. The molecule has 102 valence electrons. The van der Waals surface area contributed by atoms with E-state index in [1.54, 1.807) is 23.1 Å². The highest BCUT2D eigenvalue weighted by Gasteiger charge is 2.30. The molecule has 19 heavy (non-hydrogen) atoms. The number of carbonyl (C=O) groups excluding carboxylic acids is 2. The van der Waals surface area contributed by atoms with Gasteiger partial charge in [0.1, 0.15) is 11.9 Å². The Hall–Kier alpha value is -1.84. The fourth-order valence-corrected chi connectivity index (χ4v) is 2.17. The molecule has 1 aromatic carbocycles. The maximum Gasteiger partial charge on any atom is 0.224 e. The molecule has 0 radical (unpaired) electrons. The molecule has 4 heteroatoms. The zero-order valence-corrected chi connectivity index (χ0v) is 11.8. The van der Waals surface area contributed by atoms with Crippen LogP contribution >= 0.6 is 0 Å². The SMILES string of the molecule is CC(=O)c1ccc2c(c1)N(C(C)=O)CC(C(C)C)O2. The first-order valence-electron chi connectivity index (χ1n) is 6.50. The molecule has 4 nitrogen and oxygen atoms in total. The van der Waals surface area contributed by atoms with E-state index < -0.39 is 0 Å². The smallest absolute Gasteiger partial charge is 0.224 e. The van der Waals surface area contributed by atoms with Gasteiger partial charge >= 0.3 is 0 Å². The summed E-state index contributed by atoms with van der Waals surface area (Å²) in [7, 11) is 0. The van der Waals surface area contributed by atoms with Crippen LogP contribution in [0.15, 0.2) is 18.2 Å². The number of Topliss-reactive ketones (excluding diaryl/α,β-unsaturated/α-hetero) is 1. The maximum absolute atomic E-state index is 11.8. The number of rotatable bonds is 2. The van der Waals surface area contributed by atoms with Gasteiger partial charge in [-0.15, -0.1) is 0 Å². The minimum absolute atomic E-state index is 0.0143. The summed E-state index contributed by atoms with van der Waals surface area (Å²) < 4.78 is 5.90. The number of anilines is 1. The van der Waals surface area contributed by atoms with Gasteiger partial charge in [-0.05, 0) is 31.0 Å². The number of hydrogen-bond acceptors (Lipinski definition) is 3. The Morgan fingerprint density at radius 2 is 2.00 bits per heavy atom. The Bertz CT molecular complexity index is 522. The van der Waals surface area contributed by atoms with Gasteiger partial charge in [0.2, 0.25) is 5.91 Å². The van der Waals surface area contributed by atoms with Crippen molar-refractivity contribution in [1.29, 1.82) is 0 Å². The third-order valence-electron chi connectivity index (χ3n) is 3.42. The number of ether oxygens (including phenoxy) is 1. The predicted octanol–water partition coefficient (Wildman–Crippen LogP) is 2.66. The van der Waals surface area contributed by atoms with Crippen molar-refractivity contribution in [2.24, 2.45) is 5.92 Å². The van der Waals surface area contributed by atoms with Crippen LogP contribution in [0.5, 0.6) is 5.75 Å². The standard InChI is InChI=1S/C15H19NO3/c1-9(2)15-8-16(11(4)18)13-7-12(10(3)17)5-6-14(13)19-15/h5-7,9,15H,8H2,1-4H3. The number of ketones is 1. The second-order valence-corrected chi connectivity index (χ2v) is 5.27. The van der Waals surface area contributed by atoms with E-state index in [0.717, 1.165) is 0 Å². The molecule has 0 N–H and O–H groups in total.